The maximum Gasteiger partial charge on any atom is 0.409 e. The minimum atomic E-state index is -4.40. The molecule has 2 aliphatic rings. The molecule has 1 aliphatic carbocycles. The Morgan fingerprint density at radius 1 is 1.00 bits per heavy atom. The van der Waals surface area contributed by atoms with Crippen LogP contribution >= 0.6 is 0 Å². The first-order valence-corrected chi connectivity index (χ1v) is 11.3. The van der Waals surface area contributed by atoms with E-state index in [9.17, 15) is 18.0 Å². The highest BCUT2D eigenvalue weighted by molar-refractivity contribution is 5.92. The van der Waals surface area contributed by atoms with Crippen LogP contribution in [0.25, 0.3) is 0 Å². The highest BCUT2D eigenvalue weighted by Gasteiger charge is 2.43. The van der Waals surface area contributed by atoms with Crippen molar-refractivity contribution >= 4 is 17.3 Å². The number of carbonyl (C=O) groups is 1. The Bertz CT molecular complexity index is 874. The lowest BCUT2D eigenvalue weighted by Crippen LogP contribution is -2.47. The zero-order chi connectivity index (χ0) is 22.6. The number of benzene rings is 1. The van der Waals surface area contributed by atoms with Crippen molar-refractivity contribution in [1.82, 2.24) is 10.3 Å². The van der Waals surface area contributed by atoms with Gasteiger partial charge in [0, 0.05) is 42.6 Å². The van der Waals surface area contributed by atoms with Gasteiger partial charge in [0.1, 0.15) is 6.04 Å². The van der Waals surface area contributed by atoms with Crippen molar-refractivity contribution < 1.29 is 18.0 Å². The van der Waals surface area contributed by atoms with Crippen LogP contribution in [0.2, 0.25) is 0 Å². The van der Waals surface area contributed by atoms with Crippen LogP contribution in [0.3, 0.4) is 0 Å². The smallest absolute Gasteiger partial charge is 0.371 e. The highest BCUT2D eigenvalue weighted by atomic mass is 19.4. The summed E-state index contributed by atoms with van der Waals surface area (Å²) in [5.74, 6) is 0.210. The van der Waals surface area contributed by atoms with E-state index in [4.69, 9.17) is 0 Å². The van der Waals surface area contributed by atoms with Gasteiger partial charge < -0.3 is 10.2 Å². The number of nitrogens with one attached hydrogen (secondary N) is 2. The molecule has 172 valence electrons. The number of piperidine rings is 1. The summed E-state index contributed by atoms with van der Waals surface area (Å²) in [6.07, 6.45) is 2.37. The van der Waals surface area contributed by atoms with E-state index in [-0.39, 0.29) is 23.6 Å². The van der Waals surface area contributed by atoms with Gasteiger partial charge in [-0.15, -0.1) is 0 Å². The Morgan fingerprint density at radius 2 is 1.69 bits per heavy atom. The van der Waals surface area contributed by atoms with Crippen LogP contribution in [-0.4, -0.2) is 36.2 Å². The molecule has 2 fully saturated rings. The number of hydrogen-bond acceptors (Lipinski definition) is 4. The lowest BCUT2D eigenvalue weighted by molar-refractivity contribution is -0.161. The van der Waals surface area contributed by atoms with Crippen molar-refractivity contribution in [3.05, 3.63) is 54.4 Å². The topological polar surface area (TPSA) is 57.3 Å². The summed E-state index contributed by atoms with van der Waals surface area (Å²) in [5.41, 5.74) is 1.79. The van der Waals surface area contributed by atoms with E-state index in [1.165, 1.54) is 12.3 Å². The van der Waals surface area contributed by atoms with Crippen LogP contribution in [0.1, 0.15) is 50.3 Å². The molecule has 2 aromatic rings. The van der Waals surface area contributed by atoms with Gasteiger partial charge in [0.2, 0.25) is 5.91 Å². The summed E-state index contributed by atoms with van der Waals surface area (Å²) >= 11 is 0. The van der Waals surface area contributed by atoms with E-state index < -0.39 is 12.2 Å². The van der Waals surface area contributed by atoms with E-state index >= 15 is 0 Å². The SMILES string of the molecule is O=C(Nc1ccc(N2CCC(NC(c3ccccn3)C(F)(F)F)CC2)cc1)C1CCCC1. The second kappa shape index (κ2) is 9.90. The Labute approximate surface area is 186 Å². The molecule has 1 amide bonds. The second-order valence-electron chi connectivity index (χ2n) is 8.67. The maximum absolute atomic E-state index is 13.6. The van der Waals surface area contributed by atoms with Gasteiger partial charge in [0.25, 0.3) is 0 Å². The lowest BCUT2D eigenvalue weighted by atomic mass is 10.0. The number of hydrogen-bond donors (Lipinski definition) is 2. The molecular formula is C24H29F3N4O. The normalized spacial score (nSPS) is 19.2. The van der Waals surface area contributed by atoms with Gasteiger partial charge >= 0.3 is 6.18 Å². The van der Waals surface area contributed by atoms with Crippen LogP contribution in [0.15, 0.2) is 48.7 Å². The van der Waals surface area contributed by atoms with Crippen LogP contribution in [-0.2, 0) is 4.79 Å². The summed E-state index contributed by atoms with van der Waals surface area (Å²) in [7, 11) is 0. The standard InChI is InChI=1S/C24H29F3N4O/c25-24(26,27)22(21-7-3-4-14-28-21)29-19-12-15-31(16-13-19)20-10-8-18(9-11-20)30-23(32)17-5-1-2-6-17/h3-4,7-11,14,17,19,22,29H,1-2,5-6,12-13,15-16H2,(H,30,32). The van der Waals surface area contributed by atoms with Crippen molar-refractivity contribution in [2.24, 2.45) is 5.92 Å². The average molecular weight is 447 g/mol. The summed E-state index contributed by atoms with van der Waals surface area (Å²) in [5, 5.41) is 5.77. The summed E-state index contributed by atoms with van der Waals surface area (Å²) < 4.78 is 40.8. The number of anilines is 2. The van der Waals surface area contributed by atoms with E-state index in [1.807, 2.05) is 24.3 Å². The molecule has 0 bridgehead atoms. The molecular weight excluding hydrogens is 417 g/mol. The van der Waals surface area contributed by atoms with Gasteiger partial charge in [-0.1, -0.05) is 18.9 Å². The largest absolute Gasteiger partial charge is 0.409 e. The Morgan fingerprint density at radius 3 is 2.28 bits per heavy atom. The number of alkyl halides is 3. The molecule has 1 aliphatic heterocycles. The predicted octanol–water partition coefficient (Wildman–Crippen LogP) is 5.07. The van der Waals surface area contributed by atoms with Crippen molar-refractivity contribution in [2.75, 3.05) is 23.3 Å². The minimum Gasteiger partial charge on any atom is -0.371 e. The quantitative estimate of drug-likeness (QED) is 0.650. The first-order chi connectivity index (χ1) is 15.4. The van der Waals surface area contributed by atoms with Gasteiger partial charge in [-0.2, -0.15) is 13.2 Å². The van der Waals surface area contributed by atoms with Crippen molar-refractivity contribution in [3.8, 4) is 0 Å². The third-order valence-corrected chi connectivity index (χ3v) is 6.43. The Hall–Kier alpha value is -2.61. The number of nitrogens with zero attached hydrogens (tertiary/aromatic N) is 2. The maximum atomic E-state index is 13.6. The number of aromatic nitrogens is 1. The molecule has 8 heteroatoms. The van der Waals surface area contributed by atoms with Gasteiger partial charge in [-0.25, -0.2) is 0 Å². The molecule has 0 spiro atoms. The van der Waals surface area contributed by atoms with Gasteiger partial charge in [-0.05, 0) is 62.1 Å². The van der Waals surface area contributed by atoms with E-state index in [2.05, 4.69) is 20.5 Å². The molecule has 32 heavy (non-hydrogen) atoms. The first kappa shape index (κ1) is 22.6. The van der Waals surface area contributed by atoms with Gasteiger partial charge in [-0.3, -0.25) is 15.1 Å². The first-order valence-electron chi connectivity index (χ1n) is 11.3. The van der Waals surface area contributed by atoms with Crippen molar-refractivity contribution in [3.63, 3.8) is 0 Å². The molecule has 2 heterocycles. The predicted molar refractivity (Wildman–Crippen MR) is 118 cm³/mol. The second-order valence-corrected chi connectivity index (χ2v) is 8.67. The van der Waals surface area contributed by atoms with Gasteiger partial charge in [0.05, 0.1) is 5.69 Å². The van der Waals surface area contributed by atoms with Crippen molar-refractivity contribution in [2.45, 2.75) is 56.8 Å². The molecule has 4 rings (SSSR count). The van der Waals surface area contributed by atoms with Crippen LogP contribution < -0.4 is 15.5 Å². The van der Waals surface area contributed by atoms with Crippen LogP contribution in [0.5, 0.6) is 0 Å². The van der Waals surface area contributed by atoms with E-state index in [1.54, 1.807) is 12.1 Å². The number of amides is 1. The lowest BCUT2D eigenvalue weighted by Gasteiger charge is -2.36. The fraction of sp³-hybridized carbons (Fsp3) is 0.500. The van der Waals surface area contributed by atoms with Crippen LogP contribution in [0, 0.1) is 5.92 Å². The molecule has 2 N–H and O–H groups in total. The molecule has 5 nitrogen and oxygen atoms in total. The molecule has 1 aromatic heterocycles. The number of carbonyl (C=O) groups excluding carboxylic acids is 1. The molecule has 0 radical (unpaired) electrons. The van der Waals surface area contributed by atoms with E-state index in [0.717, 1.165) is 37.1 Å². The zero-order valence-corrected chi connectivity index (χ0v) is 17.9. The monoisotopic (exact) mass is 446 g/mol. The third-order valence-electron chi connectivity index (χ3n) is 6.43. The number of rotatable bonds is 6. The van der Waals surface area contributed by atoms with E-state index in [0.29, 0.717) is 25.9 Å². The minimum absolute atomic E-state index is 0.00216. The number of pyridine rings is 1. The highest BCUT2D eigenvalue weighted by Crippen LogP contribution is 2.33. The Balaban J connectivity index is 1.30. The molecule has 1 aromatic carbocycles. The fourth-order valence-corrected chi connectivity index (χ4v) is 4.62. The fourth-order valence-electron chi connectivity index (χ4n) is 4.62. The third kappa shape index (κ3) is 5.59. The Kier molecular flexibility index (Phi) is 6.98. The van der Waals surface area contributed by atoms with Crippen LogP contribution in [0.4, 0.5) is 24.5 Å². The van der Waals surface area contributed by atoms with Crippen molar-refractivity contribution in [1.29, 1.82) is 0 Å². The summed E-state index contributed by atoms with van der Waals surface area (Å²) in [4.78, 5) is 18.4. The van der Waals surface area contributed by atoms with Gasteiger partial charge in [0.15, 0.2) is 0 Å². The summed E-state index contributed by atoms with van der Waals surface area (Å²) in [6, 6.07) is 10.3. The molecule has 1 saturated heterocycles. The molecule has 1 atom stereocenters. The molecule has 1 saturated carbocycles. The number of halogens is 3. The summed E-state index contributed by atoms with van der Waals surface area (Å²) in [6.45, 7) is 1.33. The zero-order valence-electron chi connectivity index (χ0n) is 17.9. The average Bonchev–Trinajstić information content (AvgIpc) is 3.34. The molecule has 1 unspecified atom stereocenters.